The molecule has 4 rings (SSSR count). The van der Waals surface area contributed by atoms with Crippen LogP contribution in [-0.4, -0.2) is 34.0 Å². The lowest BCUT2D eigenvalue weighted by Crippen LogP contribution is -2.37. The minimum atomic E-state index is -4.73. The van der Waals surface area contributed by atoms with Crippen LogP contribution in [-0.2, 0) is 6.54 Å². The summed E-state index contributed by atoms with van der Waals surface area (Å²) in [6, 6.07) is 13.1. The van der Waals surface area contributed by atoms with Crippen LogP contribution in [0.2, 0.25) is 0 Å². The predicted octanol–water partition coefficient (Wildman–Crippen LogP) is 7.01. The molecule has 3 N–H and O–H groups in total. The van der Waals surface area contributed by atoms with Crippen LogP contribution < -0.4 is 20.7 Å². The third kappa shape index (κ3) is 7.46. The summed E-state index contributed by atoms with van der Waals surface area (Å²) in [5.41, 5.74) is 1.21. The summed E-state index contributed by atoms with van der Waals surface area (Å²) in [4.78, 5) is 9.48. The van der Waals surface area contributed by atoms with Crippen LogP contribution in [0.25, 0.3) is 10.9 Å². The number of halogens is 4. The molecule has 3 aromatic rings. The summed E-state index contributed by atoms with van der Waals surface area (Å²) >= 11 is 3.21. The lowest BCUT2D eigenvalue weighted by Gasteiger charge is -2.30. The second-order valence-electron chi connectivity index (χ2n) is 10.2. The molecule has 0 radical (unpaired) electrons. The highest BCUT2D eigenvalue weighted by Gasteiger charge is 2.32. The molecule has 0 unspecified atom stereocenters. The summed E-state index contributed by atoms with van der Waals surface area (Å²) in [6.45, 7) is 6.59. The first-order valence-corrected chi connectivity index (χ1v) is 12.8. The largest absolute Gasteiger partial charge is 0.573 e. The quantitative estimate of drug-likeness (QED) is 0.286. The number of alkyl halides is 3. The molecule has 0 spiro atoms. The third-order valence-electron chi connectivity index (χ3n) is 5.99. The van der Waals surface area contributed by atoms with Crippen LogP contribution in [0.4, 0.5) is 24.9 Å². The highest BCUT2D eigenvalue weighted by atomic mass is 79.9. The van der Waals surface area contributed by atoms with Crippen molar-refractivity contribution in [2.24, 2.45) is 0 Å². The standard InChI is InChI=1S/C26H31BrF3N5O/c1-25(2,3)35-23-20-6-4-5-7-21(20)33-24(34-23)32-19-12-10-18(11-13-19)31-15-16-8-9-17(27)14-22(16)36-26(28,29)30/h4-9,14,18-19,31H,10-13,15H2,1-3H3,(H2,32,33,34,35)/t18-,19+. The van der Waals surface area contributed by atoms with Gasteiger partial charge in [-0.15, -0.1) is 13.2 Å². The summed E-state index contributed by atoms with van der Waals surface area (Å²) in [7, 11) is 0. The Morgan fingerprint density at radius 2 is 1.67 bits per heavy atom. The van der Waals surface area contributed by atoms with Crippen molar-refractivity contribution in [3.05, 3.63) is 52.5 Å². The normalized spacial score (nSPS) is 18.8. The molecule has 0 bridgehead atoms. The molecule has 10 heteroatoms. The number of benzene rings is 2. The van der Waals surface area contributed by atoms with Gasteiger partial charge in [-0.1, -0.05) is 34.1 Å². The summed E-state index contributed by atoms with van der Waals surface area (Å²) in [6.07, 6.45) is -1.13. The van der Waals surface area contributed by atoms with E-state index in [1.165, 1.54) is 6.07 Å². The van der Waals surface area contributed by atoms with Crippen molar-refractivity contribution >= 4 is 38.6 Å². The maximum atomic E-state index is 12.8. The van der Waals surface area contributed by atoms with E-state index in [9.17, 15) is 13.2 Å². The maximum Gasteiger partial charge on any atom is 0.573 e. The smallest absolute Gasteiger partial charge is 0.405 e. The highest BCUT2D eigenvalue weighted by Crippen LogP contribution is 2.31. The Bertz CT molecular complexity index is 1190. The molecular weight excluding hydrogens is 535 g/mol. The Morgan fingerprint density at radius 3 is 2.36 bits per heavy atom. The molecular formula is C26H31BrF3N5O. The van der Waals surface area contributed by atoms with Gasteiger partial charge in [0, 0.05) is 39.6 Å². The predicted molar refractivity (Wildman–Crippen MR) is 140 cm³/mol. The van der Waals surface area contributed by atoms with Gasteiger partial charge in [-0.2, -0.15) is 4.98 Å². The van der Waals surface area contributed by atoms with Crippen molar-refractivity contribution < 1.29 is 17.9 Å². The first kappa shape index (κ1) is 26.5. The van der Waals surface area contributed by atoms with Gasteiger partial charge in [0.05, 0.1) is 5.52 Å². The van der Waals surface area contributed by atoms with E-state index < -0.39 is 6.36 Å². The number of nitrogens with one attached hydrogen (secondary N) is 3. The van der Waals surface area contributed by atoms with Gasteiger partial charge in [-0.05, 0) is 70.7 Å². The third-order valence-corrected chi connectivity index (χ3v) is 6.49. The van der Waals surface area contributed by atoms with Crippen molar-refractivity contribution in [2.75, 3.05) is 10.6 Å². The zero-order chi connectivity index (χ0) is 25.9. The van der Waals surface area contributed by atoms with E-state index in [1.807, 2.05) is 24.3 Å². The molecule has 1 aromatic heterocycles. The van der Waals surface area contributed by atoms with Gasteiger partial charge in [0.25, 0.3) is 0 Å². The number of ether oxygens (including phenoxy) is 1. The van der Waals surface area contributed by atoms with E-state index in [0.29, 0.717) is 22.5 Å². The van der Waals surface area contributed by atoms with Crippen LogP contribution in [0, 0.1) is 0 Å². The lowest BCUT2D eigenvalue weighted by molar-refractivity contribution is -0.274. The number of para-hydroxylation sites is 1. The molecule has 6 nitrogen and oxygen atoms in total. The molecule has 0 atom stereocenters. The zero-order valence-electron chi connectivity index (χ0n) is 20.5. The van der Waals surface area contributed by atoms with E-state index in [0.717, 1.165) is 42.4 Å². The molecule has 1 saturated carbocycles. The number of hydrogen-bond acceptors (Lipinski definition) is 6. The van der Waals surface area contributed by atoms with Crippen LogP contribution in [0.3, 0.4) is 0 Å². The Morgan fingerprint density at radius 1 is 0.972 bits per heavy atom. The number of aromatic nitrogens is 2. The molecule has 0 amide bonds. The van der Waals surface area contributed by atoms with Gasteiger partial charge in [0.15, 0.2) is 0 Å². The molecule has 1 aliphatic rings. The molecule has 0 aliphatic heterocycles. The molecule has 2 aromatic carbocycles. The van der Waals surface area contributed by atoms with Gasteiger partial charge < -0.3 is 20.7 Å². The Balaban J connectivity index is 1.36. The fraction of sp³-hybridized carbons (Fsp3) is 0.462. The Kier molecular flexibility index (Phi) is 7.94. The van der Waals surface area contributed by atoms with E-state index in [2.05, 4.69) is 57.4 Å². The molecule has 1 fully saturated rings. The molecule has 1 heterocycles. The van der Waals surface area contributed by atoms with E-state index in [4.69, 9.17) is 9.97 Å². The van der Waals surface area contributed by atoms with Crippen LogP contribution >= 0.6 is 15.9 Å². The van der Waals surface area contributed by atoms with E-state index in [1.54, 1.807) is 12.1 Å². The maximum absolute atomic E-state index is 12.8. The molecule has 0 saturated heterocycles. The summed E-state index contributed by atoms with van der Waals surface area (Å²) in [5.74, 6) is 1.21. The van der Waals surface area contributed by atoms with Crippen molar-refractivity contribution in [2.45, 2.75) is 77.0 Å². The second kappa shape index (κ2) is 10.8. The first-order chi connectivity index (χ1) is 16.9. The summed E-state index contributed by atoms with van der Waals surface area (Å²) in [5, 5.41) is 11.3. The zero-order valence-corrected chi connectivity index (χ0v) is 22.1. The van der Waals surface area contributed by atoms with Gasteiger partial charge >= 0.3 is 6.36 Å². The van der Waals surface area contributed by atoms with Crippen molar-refractivity contribution in [3.63, 3.8) is 0 Å². The van der Waals surface area contributed by atoms with E-state index >= 15 is 0 Å². The monoisotopic (exact) mass is 565 g/mol. The minimum absolute atomic E-state index is 0.141. The highest BCUT2D eigenvalue weighted by molar-refractivity contribution is 9.10. The van der Waals surface area contributed by atoms with Crippen molar-refractivity contribution in [3.8, 4) is 5.75 Å². The molecule has 194 valence electrons. The SMILES string of the molecule is CC(C)(C)Nc1nc(N[C@H]2CC[C@@H](NCc3ccc(Br)cc3OC(F)(F)F)CC2)nc2ccccc12. The Hall–Kier alpha value is -2.59. The number of anilines is 2. The average molecular weight is 566 g/mol. The number of hydrogen-bond donors (Lipinski definition) is 3. The average Bonchev–Trinajstić information content (AvgIpc) is 2.77. The molecule has 36 heavy (non-hydrogen) atoms. The molecule has 1 aliphatic carbocycles. The van der Waals surface area contributed by atoms with E-state index in [-0.39, 0.29) is 23.4 Å². The van der Waals surface area contributed by atoms with Crippen LogP contribution in [0.1, 0.15) is 52.0 Å². The lowest BCUT2D eigenvalue weighted by atomic mass is 9.91. The Labute approximate surface area is 217 Å². The van der Waals surface area contributed by atoms with Gasteiger partial charge in [-0.25, -0.2) is 4.98 Å². The summed E-state index contributed by atoms with van der Waals surface area (Å²) < 4.78 is 43.1. The van der Waals surface area contributed by atoms with Gasteiger partial charge in [0.2, 0.25) is 5.95 Å². The minimum Gasteiger partial charge on any atom is -0.405 e. The van der Waals surface area contributed by atoms with Gasteiger partial charge in [-0.3, -0.25) is 0 Å². The second-order valence-corrected chi connectivity index (χ2v) is 11.1. The van der Waals surface area contributed by atoms with Crippen molar-refractivity contribution in [1.82, 2.24) is 15.3 Å². The van der Waals surface area contributed by atoms with Crippen molar-refractivity contribution in [1.29, 1.82) is 0 Å². The van der Waals surface area contributed by atoms with Gasteiger partial charge in [0.1, 0.15) is 11.6 Å². The number of rotatable bonds is 7. The van der Waals surface area contributed by atoms with Crippen LogP contribution in [0.5, 0.6) is 5.75 Å². The number of nitrogens with zero attached hydrogens (tertiary/aromatic N) is 2. The topological polar surface area (TPSA) is 71.1 Å². The fourth-order valence-electron chi connectivity index (χ4n) is 4.36. The first-order valence-electron chi connectivity index (χ1n) is 12.0. The fourth-order valence-corrected chi connectivity index (χ4v) is 4.70. The number of fused-ring (bicyclic) bond motifs is 1. The van der Waals surface area contributed by atoms with Crippen LogP contribution in [0.15, 0.2) is 46.9 Å².